The maximum Gasteiger partial charge on any atom is 0.234 e. The highest BCUT2D eigenvalue weighted by Gasteiger charge is 2.21. The summed E-state index contributed by atoms with van der Waals surface area (Å²) in [7, 11) is 3.81. The standard InChI is InChI=1S/C14H21N3O/c1-10-6-11-7-12(4-5-13(11)15-8-10)16-14(18)9-17(2)3/h6,8,12H,4-5,7,9H2,1-3H3,(H,16,18). The number of aryl methyl sites for hydroxylation is 2. The predicted molar refractivity (Wildman–Crippen MR) is 71.5 cm³/mol. The minimum atomic E-state index is 0.106. The van der Waals surface area contributed by atoms with Crippen molar-refractivity contribution in [1.82, 2.24) is 15.2 Å². The lowest BCUT2D eigenvalue weighted by Crippen LogP contribution is -2.42. The highest BCUT2D eigenvalue weighted by Crippen LogP contribution is 2.20. The maximum absolute atomic E-state index is 11.7. The number of aromatic nitrogens is 1. The molecule has 0 saturated heterocycles. The molecule has 1 unspecified atom stereocenters. The molecule has 1 aliphatic rings. The van der Waals surface area contributed by atoms with Crippen LogP contribution in [0, 0.1) is 6.92 Å². The van der Waals surface area contributed by atoms with E-state index in [4.69, 9.17) is 0 Å². The fourth-order valence-corrected chi connectivity index (χ4v) is 2.42. The van der Waals surface area contributed by atoms with Gasteiger partial charge in [-0.15, -0.1) is 0 Å². The lowest BCUT2D eigenvalue weighted by atomic mass is 9.91. The second-order valence-electron chi connectivity index (χ2n) is 5.36. The Bertz CT molecular complexity index is 443. The normalized spacial score (nSPS) is 18.6. The number of rotatable bonds is 3. The van der Waals surface area contributed by atoms with E-state index in [-0.39, 0.29) is 11.9 Å². The largest absolute Gasteiger partial charge is 0.352 e. The van der Waals surface area contributed by atoms with Crippen molar-refractivity contribution >= 4 is 5.91 Å². The highest BCUT2D eigenvalue weighted by molar-refractivity contribution is 5.78. The van der Waals surface area contributed by atoms with E-state index in [1.165, 1.54) is 16.8 Å². The van der Waals surface area contributed by atoms with Crippen molar-refractivity contribution in [2.75, 3.05) is 20.6 Å². The van der Waals surface area contributed by atoms with E-state index < -0.39 is 0 Å². The Morgan fingerprint density at radius 1 is 1.56 bits per heavy atom. The third kappa shape index (κ3) is 3.29. The highest BCUT2D eigenvalue weighted by atomic mass is 16.2. The van der Waals surface area contributed by atoms with Crippen LogP contribution >= 0.6 is 0 Å². The van der Waals surface area contributed by atoms with Gasteiger partial charge in [0, 0.05) is 17.9 Å². The molecule has 18 heavy (non-hydrogen) atoms. The Morgan fingerprint density at radius 3 is 3.06 bits per heavy atom. The van der Waals surface area contributed by atoms with Crippen molar-refractivity contribution in [2.24, 2.45) is 0 Å². The van der Waals surface area contributed by atoms with Gasteiger partial charge < -0.3 is 10.2 Å². The molecule has 1 heterocycles. The van der Waals surface area contributed by atoms with Gasteiger partial charge in [-0.2, -0.15) is 0 Å². The Kier molecular flexibility index (Phi) is 3.97. The average Bonchev–Trinajstić information content (AvgIpc) is 2.27. The zero-order valence-corrected chi connectivity index (χ0v) is 11.4. The first-order valence-corrected chi connectivity index (χ1v) is 6.43. The molecule has 1 amide bonds. The predicted octanol–water partition coefficient (Wildman–Crippen LogP) is 0.925. The number of pyridine rings is 1. The molecule has 1 aliphatic carbocycles. The molecule has 1 aromatic rings. The van der Waals surface area contributed by atoms with Gasteiger partial charge in [0.2, 0.25) is 5.91 Å². The lowest BCUT2D eigenvalue weighted by Gasteiger charge is -2.25. The van der Waals surface area contributed by atoms with Gasteiger partial charge in [-0.05, 0) is 51.4 Å². The zero-order valence-electron chi connectivity index (χ0n) is 11.4. The number of carbonyl (C=O) groups is 1. The second kappa shape index (κ2) is 5.48. The van der Waals surface area contributed by atoms with Crippen molar-refractivity contribution in [3.63, 3.8) is 0 Å². The van der Waals surface area contributed by atoms with Crippen LogP contribution < -0.4 is 5.32 Å². The first-order chi connectivity index (χ1) is 8.54. The SMILES string of the molecule is Cc1cnc2c(c1)CC(NC(=O)CN(C)C)CC2. The lowest BCUT2D eigenvalue weighted by molar-refractivity contribution is -0.122. The van der Waals surface area contributed by atoms with Gasteiger partial charge in [0.1, 0.15) is 0 Å². The third-order valence-corrected chi connectivity index (χ3v) is 3.22. The molecule has 1 aromatic heterocycles. The minimum Gasteiger partial charge on any atom is -0.352 e. The smallest absolute Gasteiger partial charge is 0.234 e. The summed E-state index contributed by atoms with van der Waals surface area (Å²) >= 11 is 0. The van der Waals surface area contributed by atoms with Crippen LogP contribution in [0.15, 0.2) is 12.3 Å². The number of hydrogen-bond donors (Lipinski definition) is 1. The van der Waals surface area contributed by atoms with Crippen molar-refractivity contribution in [3.8, 4) is 0 Å². The van der Waals surface area contributed by atoms with Crippen molar-refractivity contribution < 1.29 is 4.79 Å². The van der Waals surface area contributed by atoms with Gasteiger partial charge in [-0.1, -0.05) is 6.07 Å². The van der Waals surface area contributed by atoms with E-state index in [1.807, 2.05) is 25.2 Å². The molecular weight excluding hydrogens is 226 g/mol. The molecule has 4 nitrogen and oxygen atoms in total. The summed E-state index contributed by atoms with van der Waals surface area (Å²) in [5.41, 5.74) is 3.67. The molecule has 0 fully saturated rings. The summed E-state index contributed by atoms with van der Waals surface area (Å²) in [5, 5.41) is 3.10. The Morgan fingerprint density at radius 2 is 2.33 bits per heavy atom. The monoisotopic (exact) mass is 247 g/mol. The third-order valence-electron chi connectivity index (χ3n) is 3.22. The average molecular weight is 247 g/mol. The number of likely N-dealkylation sites (N-methyl/N-ethyl adjacent to an activating group) is 1. The fraction of sp³-hybridized carbons (Fsp3) is 0.571. The summed E-state index contributed by atoms with van der Waals surface area (Å²) in [6, 6.07) is 2.45. The van der Waals surface area contributed by atoms with E-state index in [0.29, 0.717) is 6.54 Å². The topological polar surface area (TPSA) is 45.2 Å². The van der Waals surface area contributed by atoms with Gasteiger partial charge in [-0.3, -0.25) is 9.78 Å². The van der Waals surface area contributed by atoms with Gasteiger partial charge in [0.15, 0.2) is 0 Å². The van der Waals surface area contributed by atoms with Crippen molar-refractivity contribution in [3.05, 3.63) is 29.1 Å². The molecule has 0 aromatic carbocycles. The molecule has 0 saturated carbocycles. The summed E-state index contributed by atoms with van der Waals surface area (Å²) in [5.74, 6) is 0.106. The van der Waals surface area contributed by atoms with Gasteiger partial charge >= 0.3 is 0 Å². The van der Waals surface area contributed by atoms with Crippen LogP contribution in [0.2, 0.25) is 0 Å². The molecule has 1 atom stereocenters. The summed E-state index contributed by atoms with van der Waals surface area (Å²) < 4.78 is 0. The van der Waals surface area contributed by atoms with Gasteiger partial charge in [0.25, 0.3) is 0 Å². The first-order valence-electron chi connectivity index (χ1n) is 6.43. The molecule has 1 N–H and O–H groups in total. The number of nitrogens with one attached hydrogen (secondary N) is 1. The molecule has 4 heteroatoms. The Hall–Kier alpha value is -1.42. The quantitative estimate of drug-likeness (QED) is 0.864. The molecule has 2 rings (SSSR count). The van der Waals surface area contributed by atoms with Crippen LogP contribution in [0.4, 0.5) is 0 Å². The first kappa shape index (κ1) is 13.0. The van der Waals surface area contributed by atoms with Crippen LogP contribution in [0.1, 0.15) is 23.2 Å². The van der Waals surface area contributed by atoms with Crippen LogP contribution in [-0.4, -0.2) is 42.5 Å². The van der Waals surface area contributed by atoms with Gasteiger partial charge in [0.05, 0.1) is 6.54 Å². The molecule has 98 valence electrons. The Labute approximate surface area is 108 Å². The maximum atomic E-state index is 11.7. The summed E-state index contributed by atoms with van der Waals surface area (Å²) in [6.07, 6.45) is 4.78. The van der Waals surface area contributed by atoms with Crippen LogP contribution in [0.25, 0.3) is 0 Å². The Balaban J connectivity index is 1.97. The summed E-state index contributed by atoms with van der Waals surface area (Å²) in [4.78, 5) is 18.1. The number of nitrogens with zero attached hydrogens (tertiary/aromatic N) is 2. The molecule has 0 spiro atoms. The molecule has 0 bridgehead atoms. The number of hydrogen-bond acceptors (Lipinski definition) is 3. The number of carbonyl (C=O) groups excluding carboxylic acids is 1. The van der Waals surface area contributed by atoms with Crippen molar-refractivity contribution in [2.45, 2.75) is 32.2 Å². The summed E-state index contributed by atoms with van der Waals surface area (Å²) in [6.45, 7) is 2.51. The van der Waals surface area contributed by atoms with Crippen LogP contribution in [0.3, 0.4) is 0 Å². The molecule has 0 aliphatic heterocycles. The fourth-order valence-electron chi connectivity index (χ4n) is 2.42. The number of fused-ring (bicyclic) bond motifs is 1. The zero-order chi connectivity index (χ0) is 13.1. The second-order valence-corrected chi connectivity index (χ2v) is 5.36. The van der Waals surface area contributed by atoms with E-state index in [2.05, 4.69) is 23.3 Å². The van der Waals surface area contributed by atoms with Crippen molar-refractivity contribution in [1.29, 1.82) is 0 Å². The molecular formula is C14H21N3O. The van der Waals surface area contributed by atoms with E-state index >= 15 is 0 Å². The number of amides is 1. The minimum absolute atomic E-state index is 0.106. The van der Waals surface area contributed by atoms with Crippen LogP contribution in [-0.2, 0) is 17.6 Å². The van der Waals surface area contributed by atoms with Crippen LogP contribution in [0.5, 0.6) is 0 Å². The van der Waals surface area contributed by atoms with Gasteiger partial charge in [-0.25, -0.2) is 0 Å². The van der Waals surface area contributed by atoms with E-state index in [0.717, 1.165) is 19.3 Å². The molecule has 0 radical (unpaired) electrons. The van der Waals surface area contributed by atoms with E-state index in [1.54, 1.807) is 0 Å². The van der Waals surface area contributed by atoms with E-state index in [9.17, 15) is 4.79 Å².